The first-order valence-electron chi connectivity index (χ1n) is 9.25. The summed E-state index contributed by atoms with van der Waals surface area (Å²) < 4.78 is 0. The summed E-state index contributed by atoms with van der Waals surface area (Å²) in [7, 11) is 0. The summed E-state index contributed by atoms with van der Waals surface area (Å²) in [6, 6.07) is 18.8. The van der Waals surface area contributed by atoms with Gasteiger partial charge in [-0.1, -0.05) is 48.5 Å². The van der Waals surface area contributed by atoms with Gasteiger partial charge >= 0.3 is 0 Å². The van der Waals surface area contributed by atoms with Crippen LogP contribution in [0.2, 0.25) is 0 Å². The van der Waals surface area contributed by atoms with Gasteiger partial charge in [-0.2, -0.15) is 0 Å². The smallest absolute Gasteiger partial charge is 0.242 e. The number of anilines is 1. The molecule has 132 valence electrons. The molecule has 0 bridgehead atoms. The highest BCUT2D eigenvalue weighted by atomic mass is 16.2. The van der Waals surface area contributed by atoms with E-state index in [1.807, 2.05) is 12.3 Å². The van der Waals surface area contributed by atoms with Crippen molar-refractivity contribution in [3.8, 4) is 0 Å². The first-order valence-corrected chi connectivity index (χ1v) is 9.25. The van der Waals surface area contributed by atoms with Crippen LogP contribution in [0.3, 0.4) is 0 Å². The Kier molecular flexibility index (Phi) is 4.93. The summed E-state index contributed by atoms with van der Waals surface area (Å²) in [6.45, 7) is 0.915. The van der Waals surface area contributed by atoms with Crippen LogP contribution in [0.15, 0.2) is 60.8 Å². The average molecular weight is 345 g/mol. The van der Waals surface area contributed by atoms with E-state index < -0.39 is 0 Å². The number of carbonyl (C=O) groups excluding carboxylic acids is 1. The van der Waals surface area contributed by atoms with Crippen LogP contribution in [0.1, 0.15) is 24.0 Å². The minimum Gasteiger partial charge on any atom is -0.309 e. The van der Waals surface area contributed by atoms with Crippen LogP contribution in [0.4, 0.5) is 5.82 Å². The molecule has 1 amide bonds. The zero-order valence-electron chi connectivity index (χ0n) is 14.7. The van der Waals surface area contributed by atoms with E-state index in [0.717, 1.165) is 32.2 Å². The molecule has 1 fully saturated rings. The Morgan fingerprint density at radius 1 is 1.08 bits per heavy atom. The summed E-state index contributed by atoms with van der Waals surface area (Å²) in [5.74, 6) is 0.635. The van der Waals surface area contributed by atoms with Gasteiger partial charge in [0.15, 0.2) is 0 Å². The fourth-order valence-electron chi connectivity index (χ4n) is 3.56. The molecule has 1 aromatic heterocycles. The second-order valence-corrected chi connectivity index (χ2v) is 6.83. The SMILES string of the molecule is O=C(Nc1ccc(CCc2cccc3ccccc23)cn1)C1CCCN1. The summed E-state index contributed by atoms with van der Waals surface area (Å²) in [5, 5.41) is 8.69. The van der Waals surface area contributed by atoms with Crippen molar-refractivity contribution in [3.05, 3.63) is 71.9 Å². The van der Waals surface area contributed by atoms with Crippen molar-refractivity contribution < 1.29 is 4.79 Å². The van der Waals surface area contributed by atoms with Crippen molar-refractivity contribution >= 4 is 22.5 Å². The summed E-state index contributed by atoms with van der Waals surface area (Å²) in [4.78, 5) is 16.5. The maximum Gasteiger partial charge on any atom is 0.242 e. The lowest BCUT2D eigenvalue weighted by atomic mass is 9.99. The quantitative estimate of drug-likeness (QED) is 0.741. The van der Waals surface area contributed by atoms with Crippen molar-refractivity contribution in [2.45, 2.75) is 31.7 Å². The highest BCUT2D eigenvalue weighted by Crippen LogP contribution is 2.20. The third kappa shape index (κ3) is 3.75. The Labute approximate surface area is 153 Å². The maximum absolute atomic E-state index is 12.1. The third-order valence-electron chi connectivity index (χ3n) is 5.02. The normalized spacial score (nSPS) is 16.7. The molecule has 2 N–H and O–H groups in total. The molecular formula is C22H23N3O. The molecule has 1 unspecified atom stereocenters. The first kappa shape index (κ1) is 16.7. The van der Waals surface area contributed by atoms with Gasteiger partial charge < -0.3 is 10.6 Å². The van der Waals surface area contributed by atoms with Crippen LogP contribution >= 0.6 is 0 Å². The number of hydrogen-bond acceptors (Lipinski definition) is 3. The molecular weight excluding hydrogens is 322 g/mol. The topological polar surface area (TPSA) is 54.0 Å². The van der Waals surface area contributed by atoms with Crippen LogP contribution in [-0.4, -0.2) is 23.5 Å². The fraction of sp³-hybridized carbons (Fsp3) is 0.273. The van der Waals surface area contributed by atoms with E-state index in [9.17, 15) is 4.79 Å². The van der Waals surface area contributed by atoms with Gasteiger partial charge in [0.25, 0.3) is 0 Å². The number of nitrogens with zero attached hydrogens (tertiary/aromatic N) is 1. The lowest BCUT2D eigenvalue weighted by Crippen LogP contribution is -2.35. The zero-order chi connectivity index (χ0) is 17.8. The second-order valence-electron chi connectivity index (χ2n) is 6.83. The molecule has 0 spiro atoms. The molecule has 1 atom stereocenters. The van der Waals surface area contributed by atoms with Crippen molar-refractivity contribution in [1.29, 1.82) is 0 Å². The Morgan fingerprint density at radius 2 is 1.96 bits per heavy atom. The standard InChI is InChI=1S/C22H23N3O/c26-22(20-9-4-14-23-20)25-21-13-11-16(15-24-21)10-12-18-7-3-6-17-5-1-2-8-19(17)18/h1-3,5-8,11,13,15,20,23H,4,9-10,12,14H2,(H,24,25,26). The summed E-state index contributed by atoms with van der Waals surface area (Å²) >= 11 is 0. The molecule has 26 heavy (non-hydrogen) atoms. The molecule has 1 aliphatic rings. The molecule has 1 aliphatic heterocycles. The maximum atomic E-state index is 12.1. The number of aromatic nitrogens is 1. The summed E-state index contributed by atoms with van der Waals surface area (Å²) in [6.07, 6.45) is 5.72. The molecule has 4 heteroatoms. The molecule has 4 rings (SSSR count). The van der Waals surface area contributed by atoms with Crippen molar-refractivity contribution in [2.75, 3.05) is 11.9 Å². The molecule has 3 aromatic rings. The number of amides is 1. The van der Waals surface area contributed by atoms with Gasteiger partial charge in [0, 0.05) is 6.20 Å². The van der Waals surface area contributed by atoms with Gasteiger partial charge in [-0.05, 0) is 60.2 Å². The van der Waals surface area contributed by atoms with Crippen molar-refractivity contribution in [2.24, 2.45) is 0 Å². The molecule has 0 saturated carbocycles. The highest BCUT2D eigenvalue weighted by Gasteiger charge is 2.22. The number of hydrogen-bond donors (Lipinski definition) is 2. The van der Waals surface area contributed by atoms with Gasteiger partial charge in [0.05, 0.1) is 6.04 Å². The minimum absolute atomic E-state index is 0.0125. The summed E-state index contributed by atoms with van der Waals surface area (Å²) in [5.41, 5.74) is 2.53. The van der Waals surface area contributed by atoms with Crippen LogP contribution in [-0.2, 0) is 17.6 Å². The molecule has 0 aliphatic carbocycles. The molecule has 1 saturated heterocycles. The van der Waals surface area contributed by atoms with E-state index in [0.29, 0.717) is 5.82 Å². The van der Waals surface area contributed by atoms with E-state index in [2.05, 4.69) is 64.1 Å². The van der Waals surface area contributed by atoms with E-state index >= 15 is 0 Å². The predicted molar refractivity (Wildman–Crippen MR) is 105 cm³/mol. The number of rotatable bonds is 5. The van der Waals surface area contributed by atoms with Crippen LogP contribution in [0.5, 0.6) is 0 Å². The average Bonchev–Trinajstić information content (AvgIpc) is 3.22. The van der Waals surface area contributed by atoms with E-state index in [-0.39, 0.29) is 11.9 Å². The number of fused-ring (bicyclic) bond motifs is 1. The third-order valence-corrected chi connectivity index (χ3v) is 5.02. The predicted octanol–water partition coefficient (Wildman–Crippen LogP) is 3.71. The Balaban J connectivity index is 1.39. The van der Waals surface area contributed by atoms with E-state index in [1.165, 1.54) is 21.9 Å². The highest BCUT2D eigenvalue weighted by molar-refractivity contribution is 5.94. The van der Waals surface area contributed by atoms with Crippen LogP contribution < -0.4 is 10.6 Å². The largest absolute Gasteiger partial charge is 0.309 e. The second kappa shape index (κ2) is 7.67. The molecule has 0 radical (unpaired) electrons. The van der Waals surface area contributed by atoms with Crippen LogP contribution in [0.25, 0.3) is 10.8 Å². The first-order chi connectivity index (χ1) is 12.8. The minimum atomic E-state index is -0.0807. The number of carbonyl (C=O) groups is 1. The fourth-order valence-corrected chi connectivity index (χ4v) is 3.56. The Morgan fingerprint density at radius 3 is 2.77 bits per heavy atom. The van der Waals surface area contributed by atoms with E-state index in [4.69, 9.17) is 0 Å². The van der Waals surface area contributed by atoms with Gasteiger partial charge in [-0.15, -0.1) is 0 Å². The van der Waals surface area contributed by atoms with Gasteiger partial charge in [0.2, 0.25) is 5.91 Å². The van der Waals surface area contributed by atoms with Crippen molar-refractivity contribution in [1.82, 2.24) is 10.3 Å². The Hall–Kier alpha value is -2.72. The van der Waals surface area contributed by atoms with Gasteiger partial charge in [-0.3, -0.25) is 4.79 Å². The number of nitrogens with one attached hydrogen (secondary N) is 2. The molecule has 2 aromatic carbocycles. The van der Waals surface area contributed by atoms with E-state index in [1.54, 1.807) is 0 Å². The number of pyridine rings is 1. The monoisotopic (exact) mass is 345 g/mol. The molecule has 4 nitrogen and oxygen atoms in total. The lowest BCUT2D eigenvalue weighted by Gasteiger charge is -2.11. The number of benzene rings is 2. The van der Waals surface area contributed by atoms with Gasteiger partial charge in [0.1, 0.15) is 5.82 Å². The molecule has 2 heterocycles. The number of aryl methyl sites for hydroxylation is 2. The lowest BCUT2D eigenvalue weighted by molar-refractivity contribution is -0.117. The Bertz CT molecular complexity index is 893. The zero-order valence-corrected chi connectivity index (χ0v) is 14.7. The van der Waals surface area contributed by atoms with Crippen molar-refractivity contribution in [3.63, 3.8) is 0 Å². The van der Waals surface area contributed by atoms with Crippen LogP contribution in [0, 0.1) is 0 Å². The van der Waals surface area contributed by atoms with Gasteiger partial charge in [-0.25, -0.2) is 4.98 Å².